The van der Waals surface area contributed by atoms with Crippen LogP contribution in [0.25, 0.3) is 0 Å². The molecule has 7 heteroatoms. The second-order valence-corrected chi connectivity index (χ2v) is 9.99. The van der Waals surface area contributed by atoms with Crippen LogP contribution in [0.3, 0.4) is 0 Å². The van der Waals surface area contributed by atoms with Crippen molar-refractivity contribution >= 4 is 15.9 Å². The average Bonchev–Trinajstić information content (AvgIpc) is 3.07. The summed E-state index contributed by atoms with van der Waals surface area (Å²) < 4.78 is 41.1. The van der Waals surface area contributed by atoms with Gasteiger partial charge in [0.05, 0.1) is 10.9 Å². The second kappa shape index (κ2) is 8.86. The van der Waals surface area contributed by atoms with Gasteiger partial charge in [0, 0.05) is 25.2 Å². The fraction of sp³-hybridized carbons (Fsp3) is 0.435. The molecule has 2 aromatic rings. The zero-order valence-corrected chi connectivity index (χ0v) is 17.8. The Kier molecular flexibility index (Phi) is 6.20. The van der Waals surface area contributed by atoms with Crippen molar-refractivity contribution in [2.45, 2.75) is 49.5 Å². The molecule has 1 unspecified atom stereocenters. The molecule has 2 aliphatic rings. The Labute approximate surface area is 177 Å². The first-order valence-corrected chi connectivity index (χ1v) is 12.1. The zero-order chi connectivity index (χ0) is 21.1. The minimum absolute atomic E-state index is 0.121. The van der Waals surface area contributed by atoms with Gasteiger partial charge < -0.3 is 4.90 Å². The molecule has 2 heterocycles. The van der Waals surface area contributed by atoms with Crippen LogP contribution in [0.2, 0.25) is 0 Å². The predicted molar refractivity (Wildman–Crippen MR) is 113 cm³/mol. The van der Waals surface area contributed by atoms with Crippen LogP contribution in [0.5, 0.6) is 0 Å². The van der Waals surface area contributed by atoms with E-state index in [1.165, 1.54) is 18.2 Å². The molecular weight excluding hydrogens is 403 g/mol. The van der Waals surface area contributed by atoms with Crippen molar-refractivity contribution in [3.63, 3.8) is 0 Å². The van der Waals surface area contributed by atoms with Gasteiger partial charge in [-0.05, 0) is 61.6 Å². The third-order valence-electron chi connectivity index (χ3n) is 6.05. The van der Waals surface area contributed by atoms with Crippen LogP contribution in [-0.2, 0) is 10.0 Å². The Morgan fingerprint density at radius 3 is 2.30 bits per heavy atom. The number of hydrogen-bond acceptors (Lipinski definition) is 3. The number of hydrogen-bond donors (Lipinski definition) is 0. The Hall–Kier alpha value is -2.25. The van der Waals surface area contributed by atoms with Crippen molar-refractivity contribution in [2.24, 2.45) is 0 Å². The molecule has 0 bridgehead atoms. The zero-order valence-electron chi connectivity index (χ0n) is 17.0. The van der Waals surface area contributed by atoms with Crippen molar-refractivity contribution < 1.29 is 17.6 Å². The molecule has 30 heavy (non-hydrogen) atoms. The van der Waals surface area contributed by atoms with Gasteiger partial charge in [0.15, 0.2) is 0 Å². The van der Waals surface area contributed by atoms with Gasteiger partial charge in [-0.3, -0.25) is 4.79 Å². The van der Waals surface area contributed by atoms with Gasteiger partial charge in [-0.15, -0.1) is 0 Å². The molecule has 5 nitrogen and oxygen atoms in total. The molecule has 0 aromatic heterocycles. The molecule has 0 spiro atoms. The smallest absolute Gasteiger partial charge is 0.254 e. The van der Waals surface area contributed by atoms with Crippen molar-refractivity contribution in [3.8, 4) is 0 Å². The third-order valence-corrected chi connectivity index (χ3v) is 7.95. The molecular formula is C23H27FN2O3S. The molecule has 2 aromatic carbocycles. The highest BCUT2D eigenvalue weighted by molar-refractivity contribution is 7.89. The van der Waals surface area contributed by atoms with E-state index in [9.17, 15) is 17.6 Å². The lowest BCUT2D eigenvalue weighted by atomic mass is 10.0. The Morgan fingerprint density at radius 1 is 0.900 bits per heavy atom. The molecule has 2 aliphatic heterocycles. The van der Waals surface area contributed by atoms with Gasteiger partial charge in [-0.25, -0.2) is 12.8 Å². The van der Waals surface area contributed by atoms with Crippen LogP contribution in [-0.4, -0.2) is 43.2 Å². The van der Waals surface area contributed by atoms with E-state index in [-0.39, 0.29) is 22.7 Å². The van der Waals surface area contributed by atoms with E-state index in [4.69, 9.17) is 0 Å². The summed E-state index contributed by atoms with van der Waals surface area (Å²) in [5.74, 6) is -0.490. The lowest BCUT2D eigenvalue weighted by molar-refractivity contribution is 0.0735. The molecule has 0 radical (unpaired) electrons. The Morgan fingerprint density at radius 2 is 1.60 bits per heavy atom. The molecule has 2 saturated heterocycles. The maximum atomic E-state index is 13.3. The quantitative estimate of drug-likeness (QED) is 0.724. The van der Waals surface area contributed by atoms with Crippen LogP contribution < -0.4 is 0 Å². The summed E-state index contributed by atoms with van der Waals surface area (Å²) in [5, 5.41) is 0. The molecule has 2 fully saturated rings. The van der Waals surface area contributed by atoms with Crippen LogP contribution >= 0.6 is 0 Å². The van der Waals surface area contributed by atoms with Crippen LogP contribution in [0.4, 0.5) is 4.39 Å². The number of rotatable bonds is 4. The fourth-order valence-corrected chi connectivity index (χ4v) is 5.99. The maximum Gasteiger partial charge on any atom is 0.254 e. The first kappa shape index (κ1) is 21.0. The topological polar surface area (TPSA) is 57.7 Å². The Bertz CT molecular complexity index is 999. The maximum absolute atomic E-state index is 13.3. The minimum atomic E-state index is -3.61. The average molecular weight is 431 g/mol. The van der Waals surface area contributed by atoms with Gasteiger partial charge in [0.1, 0.15) is 5.82 Å². The van der Waals surface area contributed by atoms with E-state index in [2.05, 4.69) is 0 Å². The highest BCUT2D eigenvalue weighted by Gasteiger charge is 2.32. The molecule has 0 aliphatic carbocycles. The standard InChI is InChI=1S/C23H27FN2O3S/c24-20-12-10-18(11-13-20)22-9-6-16-26(22)23(27)19-7-5-8-21(17-19)30(28,29)25-14-3-1-2-4-15-25/h5,7-8,10-13,17,22H,1-4,6,9,14-16H2. The van der Waals surface area contributed by atoms with E-state index >= 15 is 0 Å². The fourth-order valence-electron chi connectivity index (χ4n) is 4.43. The van der Waals surface area contributed by atoms with Crippen molar-refractivity contribution in [3.05, 3.63) is 65.5 Å². The molecule has 160 valence electrons. The number of amides is 1. The van der Waals surface area contributed by atoms with Crippen molar-refractivity contribution in [1.29, 1.82) is 0 Å². The van der Waals surface area contributed by atoms with E-state index in [1.54, 1.807) is 39.5 Å². The van der Waals surface area contributed by atoms with Crippen molar-refractivity contribution in [2.75, 3.05) is 19.6 Å². The van der Waals surface area contributed by atoms with Gasteiger partial charge in [-0.1, -0.05) is 31.0 Å². The van der Waals surface area contributed by atoms with Crippen LogP contribution in [0.15, 0.2) is 53.4 Å². The van der Waals surface area contributed by atoms with E-state index in [0.717, 1.165) is 44.1 Å². The summed E-state index contributed by atoms with van der Waals surface area (Å²) in [7, 11) is -3.61. The number of likely N-dealkylation sites (tertiary alicyclic amines) is 1. The van der Waals surface area contributed by atoms with Gasteiger partial charge in [0.25, 0.3) is 5.91 Å². The van der Waals surface area contributed by atoms with Gasteiger partial charge in [0.2, 0.25) is 10.0 Å². The molecule has 0 saturated carbocycles. The summed E-state index contributed by atoms with van der Waals surface area (Å²) in [4.78, 5) is 15.2. The molecule has 1 atom stereocenters. The van der Waals surface area contributed by atoms with Crippen LogP contribution in [0.1, 0.15) is 60.5 Å². The summed E-state index contributed by atoms with van der Waals surface area (Å²) in [6.45, 7) is 1.66. The lowest BCUT2D eigenvalue weighted by Crippen LogP contribution is -2.33. The SMILES string of the molecule is O=C(c1cccc(S(=O)(=O)N2CCCCCC2)c1)N1CCCC1c1ccc(F)cc1. The first-order valence-electron chi connectivity index (χ1n) is 10.6. The van der Waals surface area contributed by atoms with E-state index < -0.39 is 10.0 Å². The van der Waals surface area contributed by atoms with Gasteiger partial charge >= 0.3 is 0 Å². The monoisotopic (exact) mass is 430 g/mol. The van der Waals surface area contributed by atoms with Gasteiger partial charge in [-0.2, -0.15) is 4.31 Å². The number of nitrogens with zero attached hydrogens (tertiary/aromatic N) is 2. The minimum Gasteiger partial charge on any atom is -0.332 e. The number of carbonyl (C=O) groups is 1. The van der Waals surface area contributed by atoms with Crippen LogP contribution in [0, 0.1) is 5.82 Å². The summed E-state index contributed by atoms with van der Waals surface area (Å²) in [5.41, 5.74) is 1.27. The highest BCUT2D eigenvalue weighted by Crippen LogP contribution is 2.33. The number of benzene rings is 2. The predicted octanol–water partition coefficient (Wildman–Crippen LogP) is 4.37. The molecule has 1 amide bonds. The number of sulfonamides is 1. The molecule has 4 rings (SSSR count). The van der Waals surface area contributed by atoms with E-state index in [1.807, 2.05) is 0 Å². The summed E-state index contributed by atoms with van der Waals surface area (Å²) >= 11 is 0. The molecule has 0 N–H and O–H groups in total. The third kappa shape index (κ3) is 4.27. The largest absolute Gasteiger partial charge is 0.332 e. The summed E-state index contributed by atoms with van der Waals surface area (Å²) in [6.07, 6.45) is 5.49. The van der Waals surface area contributed by atoms with E-state index in [0.29, 0.717) is 25.2 Å². The van der Waals surface area contributed by atoms with Crippen molar-refractivity contribution in [1.82, 2.24) is 9.21 Å². The highest BCUT2D eigenvalue weighted by atomic mass is 32.2. The Balaban J connectivity index is 1.58. The first-order chi connectivity index (χ1) is 14.5. The second-order valence-electron chi connectivity index (χ2n) is 8.05. The number of halogens is 1. The number of carbonyl (C=O) groups excluding carboxylic acids is 1. The normalized spacial score (nSPS) is 20.8. The lowest BCUT2D eigenvalue weighted by Gasteiger charge is -2.26. The summed E-state index contributed by atoms with van der Waals surface area (Å²) in [6, 6.07) is 12.5.